The molecule has 1 amide bonds. The number of rotatable bonds is 5. The second-order valence-corrected chi connectivity index (χ2v) is 9.68. The van der Waals surface area contributed by atoms with Crippen molar-refractivity contribution in [3.63, 3.8) is 0 Å². The van der Waals surface area contributed by atoms with Gasteiger partial charge in [-0.1, -0.05) is 18.2 Å². The number of carbonyl (C=O) groups excluding carboxylic acids is 1. The molecule has 4 rings (SSSR count). The van der Waals surface area contributed by atoms with Crippen LogP contribution in [0.15, 0.2) is 58.8 Å². The number of aryl methyl sites for hydroxylation is 1. The number of hydrogen-bond donors (Lipinski definition) is 0. The molecule has 162 valence electrons. The van der Waals surface area contributed by atoms with Crippen LogP contribution >= 0.6 is 11.3 Å². The molecule has 31 heavy (non-hydrogen) atoms. The van der Waals surface area contributed by atoms with Crippen LogP contribution in [-0.4, -0.2) is 49.9 Å². The van der Waals surface area contributed by atoms with E-state index in [1.807, 2.05) is 0 Å². The molecule has 1 fully saturated rings. The highest BCUT2D eigenvalue weighted by Crippen LogP contribution is 2.31. The molecule has 1 saturated heterocycles. The van der Waals surface area contributed by atoms with E-state index < -0.39 is 21.7 Å². The molecular formula is C21H20FN3O4S2. The summed E-state index contributed by atoms with van der Waals surface area (Å²) in [5.74, 6) is -1.50. The number of para-hydroxylation sites is 1. The van der Waals surface area contributed by atoms with Crippen LogP contribution in [0.4, 0.5) is 15.2 Å². The van der Waals surface area contributed by atoms with Crippen molar-refractivity contribution >= 4 is 38.1 Å². The van der Waals surface area contributed by atoms with E-state index >= 15 is 0 Å². The van der Waals surface area contributed by atoms with Gasteiger partial charge in [0, 0.05) is 18.5 Å². The van der Waals surface area contributed by atoms with Crippen LogP contribution in [0.3, 0.4) is 0 Å². The second kappa shape index (κ2) is 8.83. The number of benzene rings is 2. The van der Waals surface area contributed by atoms with E-state index in [1.165, 1.54) is 26.6 Å². The second-order valence-electron chi connectivity index (χ2n) is 6.91. The molecule has 2 aromatic carbocycles. The Morgan fingerprint density at radius 2 is 1.87 bits per heavy atom. The van der Waals surface area contributed by atoms with Crippen LogP contribution in [0, 0.1) is 12.7 Å². The predicted molar refractivity (Wildman–Crippen MR) is 116 cm³/mol. The maximum atomic E-state index is 14.8. The maximum Gasteiger partial charge on any atom is 0.267 e. The van der Waals surface area contributed by atoms with Crippen molar-refractivity contribution in [2.75, 3.05) is 31.2 Å². The molecule has 1 aromatic heterocycles. The van der Waals surface area contributed by atoms with Crippen molar-refractivity contribution in [3.05, 3.63) is 71.0 Å². The van der Waals surface area contributed by atoms with Crippen LogP contribution in [0.2, 0.25) is 0 Å². The molecule has 0 unspecified atom stereocenters. The Kier molecular flexibility index (Phi) is 6.15. The number of nitrogens with zero attached hydrogens (tertiary/aromatic N) is 3. The number of carbonyl (C=O) groups is 1. The van der Waals surface area contributed by atoms with Crippen molar-refractivity contribution < 1.29 is 22.3 Å². The number of ether oxygens (including phenoxy) is 1. The van der Waals surface area contributed by atoms with Gasteiger partial charge in [0.15, 0.2) is 5.13 Å². The maximum absolute atomic E-state index is 14.8. The number of sulfonamides is 1. The van der Waals surface area contributed by atoms with Crippen LogP contribution in [0.1, 0.15) is 16.1 Å². The van der Waals surface area contributed by atoms with Crippen LogP contribution in [0.5, 0.6) is 0 Å². The van der Waals surface area contributed by atoms with Gasteiger partial charge in [-0.2, -0.15) is 4.31 Å². The van der Waals surface area contributed by atoms with E-state index in [2.05, 4.69) is 4.98 Å². The van der Waals surface area contributed by atoms with E-state index in [0.717, 1.165) is 17.8 Å². The van der Waals surface area contributed by atoms with Crippen molar-refractivity contribution in [1.29, 1.82) is 0 Å². The minimum Gasteiger partial charge on any atom is -0.379 e. The topological polar surface area (TPSA) is 79.8 Å². The smallest absolute Gasteiger partial charge is 0.267 e. The third-order valence-electron chi connectivity index (χ3n) is 4.79. The molecule has 2 heterocycles. The van der Waals surface area contributed by atoms with Gasteiger partial charge in [-0.3, -0.25) is 9.69 Å². The number of aromatic nitrogens is 1. The monoisotopic (exact) mass is 461 g/mol. The van der Waals surface area contributed by atoms with E-state index in [0.29, 0.717) is 10.8 Å². The van der Waals surface area contributed by atoms with Crippen LogP contribution in [-0.2, 0) is 14.8 Å². The van der Waals surface area contributed by atoms with Gasteiger partial charge in [-0.15, -0.1) is 11.3 Å². The predicted octanol–water partition coefficient (Wildman–Crippen LogP) is 3.59. The van der Waals surface area contributed by atoms with Gasteiger partial charge in [0.05, 0.1) is 35.1 Å². The molecule has 0 saturated carbocycles. The minimum atomic E-state index is -3.88. The molecule has 0 spiro atoms. The SMILES string of the molecule is Cc1csc(N(C(=O)c2cc(S(=O)(=O)N3CCOCC3)ccc2F)c2ccccc2)n1. The van der Waals surface area contributed by atoms with Gasteiger partial charge in [0.1, 0.15) is 5.82 Å². The number of halogens is 1. The lowest BCUT2D eigenvalue weighted by Crippen LogP contribution is -2.40. The number of thiazole rings is 1. The van der Waals surface area contributed by atoms with Gasteiger partial charge in [-0.05, 0) is 37.3 Å². The highest BCUT2D eigenvalue weighted by Gasteiger charge is 2.30. The molecule has 3 aromatic rings. The summed E-state index contributed by atoms with van der Waals surface area (Å²) in [6.07, 6.45) is 0. The first-order valence-corrected chi connectivity index (χ1v) is 11.9. The average Bonchev–Trinajstić information content (AvgIpc) is 3.21. The summed E-state index contributed by atoms with van der Waals surface area (Å²) in [5, 5.41) is 2.16. The highest BCUT2D eigenvalue weighted by atomic mass is 32.2. The number of anilines is 2. The lowest BCUT2D eigenvalue weighted by Gasteiger charge is -2.26. The van der Waals surface area contributed by atoms with Gasteiger partial charge in [-0.25, -0.2) is 17.8 Å². The lowest BCUT2D eigenvalue weighted by atomic mass is 10.1. The number of morpholine rings is 1. The van der Waals surface area contributed by atoms with Crippen molar-refractivity contribution in [2.24, 2.45) is 0 Å². The van der Waals surface area contributed by atoms with E-state index in [9.17, 15) is 17.6 Å². The van der Waals surface area contributed by atoms with Gasteiger partial charge < -0.3 is 4.74 Å². The van der Waals surface area contributed by atoms with Crippen LogP contribution < -0.4 is 4.90 Å². The number of hydrogen-bond acceptors (Lipinski definition) is 6. The summed E-state index contributed by atoms with van der Waals surface area (Å²) in [5.41, 5.74) is 0.881. The quantitative estimate of drug-likeness (QED) is 0.580. The molecule has 0 aliphatic carbocycles. The fourth-order valence-corrected chi connectivity index (χ4v) is 5.47. The van der Waals surface area contributed by atoms with Crippen molar-refractivity contribution in [2.45, 2.75) is 11.8 Å². The molecule has 0 N–H and O–H groups in total. The molecule has 0 radical (unpaired) electrons. The Balaban J connectivity index is 1.77. The van der Waals surface area contributed by atoms with Crippen molar-refractivity contribution in [1.82, 2.24) is 9.29 Å². The highest BCUT2D eigenvalue weighted by molar-refractivity contribution is 7.89. The largest absolute Gasteiger partial charge is 0.379 e. The molecular weight excluding hydrogens is 441 g/mol. The Bertz CT molecular complexity index is 1190. The summed E-state index contributed by atoms with van der Waals surface area (Å²) >= 11 is 1.24. The summed E-state index contributed by atoms with van der Waals surface area (Å²) in [7, 11) is -3.88. The lowest BCUT2D eigenvalue weighted by molar-refractivity contribution is 0.0730. The summed E-state index contributed by atoms with van der Waals surface area (Å²) < 4.78 is 47.2. The molecule has 10 heteroatoms. The Labute approximate surface area is 183 Å². The fraction of sp³-hybridized carbons (Fsp3) is 0.238. The Morgan fingerprint density at radius 3 is 2.52 bits per heavy atom. The Morgan fingerprint density at radius 1 is 1.16 bits per heavy atom. The fourth-order valence-electron chi connectivity index (χ4n) is 3.22. The average molecular weight is 462 g/mol. The Hall–Kier alpha value is -2.66. The molecule has 0 atom stereocenters. The summed E-state index contributed by atoms with van der Waals surface area (Å²) in [6, 6.07) is 12.0. The first-order valence-electron chi connectivity index (χ1n) is 9.57. The summed E-state index contributed by atoms with van der Waals surface area (Å²) in [6.45, 7) is 2.79. The van der Waals surface area contributed by atoms with Gasteiger partial charge in [0.25, 0.3) is 5.91 Å². The first kappa shape index (κ1) is 21.6. The molecule has 1 aliphatic rings. The minimum absolute atomic E-state index is 0.137. The van der Waals surface area contributed by atoms with Gasteiger partial charge >= 0.3 is 0 Å². The standard InChI is InChI=1S/C21H20FN3O4S2/c1-15-14-30-21(23-15)25(16-5-3-2-4-6-16)20(26)18-13-17(7-8-19(18)22)31(27,28)24-9-11-29-12-10-24/h2-8,13-14H,9-12H2,1H3. The van der Waals surface area contributed by atoms with Gasteiger partial charge in [0.2, 0.25) is 10.0 Å². The summed E-state index contributed by atoms with van der Waals surface area (Å²) in [4.78, 5) is 19.0. The third kappa shape index (κ3) is 4.38. The van der Waals surface area contributed by atoms with E-state index in [4.69, 9.17) is 4.74 Å². The molecule has 0 bridgehead atoms. The zero-order valence-corrected chi connectivity index (χ0v) is 18.3. The third-order valence-corrected chi connectivity index (χ3v) is 7.63. The zero-order chi connectivity index (χ0) is 22.0. The van der Waals surface area contributed by atoms with Crippen molar-refractivity contribution in [3.8, 4) is 0 Å². The van der Waals surface area contributed by atoms with Crippen LogP contribution in [0.25, 0.3) is 0 Å². The van der Waals surface area contributed by atoms with E-state index in [-0.39, 0.29) is 36.8 Å². The number of amides is 1. The molecule has 1 aliphatic heterocycles. The first-order chi connectivity index (χ1) is 14.9. The molecule has 7 nitrogen and oxygen atoms in total. The normalized spacial score (nSPS) is 15.0. The zero-order valence-electron chi connectivity index (χ0n) is 16.7. The van der Waals surface area contributed by atoms with E-state index in [1.54, 1.807) is 42.6 Å².